The van der Waals surface area contributed by atoms with E-state index in [1.54, 1.807) is 0 Å². The number of hydrogen-bond acceptors (Lipinski definition) is 0. The summed E-state index contributed by atoms with van der Waals surface area (Å²) in [4.78, 5) is 0. The first-order valence-electron chi connectivity index (χ1n) is 6.42. The third-order valence-electron chi connectivity index (χ3n) is 3.07. The third kappa shape index (κ3) is 2.49. The topological polar surface area (TPSA) is 0 Å². The fourth-order valence-electron chi connectivity index (χ4n) is 2.08. The van der Waals surface area contributed by atoms with Crippen LogP contribution in [0, 0.1) is 0 Å². The van der Waals surface area contributed by atoms with Crippen molar-refractivity contribution in [3.05, 3.63) is 91.0 Å². The van der Waals surface area contributed by atoms with Gasteiger partial charge in [-0.05, 0) is 0 Å². The predicted octanol–water partition coefficient (Wildman–Crippen LogP) is 2.91. The van der Waals surface area contributed by atoms with Gasteiger partial charge in [-0.1, -0.05) is 0 Å². The van der Waals surface area contributed by atoms with Gasteiger partial charge in [-0.25, -0.2) is 0 Å². The zero-order chi connectivity index (χ0) is 13.8. The van der Waals surface area contributed by atoms with E-state index in [1.807, 2.05) is 0 Å². The molecule has 0 aliphatic rings. The van der Waals surface area contributed by atoms with Gasteiger partial charge < -0.3 is 0 Å². The molecule has 0 amide bonds. The maximum atomic E-state index is 3.22. The summed E-state index contributed by atoms with van der Waals surface area (Å²) >= 11 is -2.23. The van der Waals surface area contributed by atoms with Crippen molar-refractivity contribution in [2.45, 2.75) is 0 Å². The van der Waals surface area contributed by atoms with E-state index >= 15 is 0 Å². The minimum absolute atomic E-state index is 1.44. The summed E-state index contributed by atoms with van der Waals surface area (Å²) in [5.41, 5.74) is 0. The Kier molecular flexibility index (Phi) is 4.11. The molecule has 3 aromatic carbocycles. The zero-order valence-electron chi connectivity index (χ0n) is 11.1. The molecule has 2 heteroatoms. The van der Waals surface area contributed by atoms with E-state index in [0.29, 0.717) is 0 Å². The van der Waals surface area contributed by atoms with Crippen LogP contribution in [-0.4, -0.2) is 0 Å². The summed E-state index contributed by atoms with van der Waals surface area (Å²) in [5.74, 6) is 0. The summed E-state index contributed by atoms with van der Waals surface area (Å²) in [6.07, 6.45) is 0. The van der Waals surface area contributed by atoms with Crippen LogP contribution in [0.4, 0.5) is 0 Å². The Balaban J connectivity index is 2.24. The Morgan fingerprint density at radius 1 is 0.450 bits per heavy atom. The van der Waals surface area contributed by atoms with E-state index in [1.165, 1.54) is 12.5 Å². The van der Waals surface area contributed by atoms with E-state index in [-0.39, 0.29) is 0 Å². The van der Waals surface area contributed by atoms with Crippen LogP contribution in [0.3, 0.4) is 0 Å². The second-order valence-electron chi connectivity index (χ2n) is 4.35. The van der Waals surface area contributed by atoms with E-state index in [2.05, 4.69) is 98.6 Å². The summed E-state index contributed by atoms with van der Waals surface area (Å²) in [5, 5.41) is 0. The van der Waals surface area contributed by atoms with Gasteiger partial charge in [0.25, 0.3) is 0 Å². The van der Waals surface area contributed by atoms with Crippen LogP contribution in [0.25, 0.3) is 0 Å². The average Bonchev–Trinajstić information content (AvgIpc) is 2.56. The summed E-state index contributed by atoms with van der Waals surface area (Å²) in [6, 6.07) is 32.6. The maximum absolute atomic E-state index is 3.22. The van der Waals surface area contributed by atoms with Crippen LogP contribution in [-0.2, 0) is 14.3 Å². The molecule has 0 bridgehead atoms. The van der Waals surface area contributed by atoms with Crippen molar-refractivity contribution in [1.82, 2.24) is 0 Å². The number of benzene rings is 3. The van der Waals surface area contributed by atoms with E-state index in [9.17, 15) is 0 Å². The zero-order valence-corrected chi connectivity index (χ0v) is 13.9. The molecule has 1 atom stereocenters. The average molecular weight is 367 g/mol. The van der Waals surface area contributed by atoms with Crippen molar-refractivity contribution >= 4 is 20.0 Å². The summed E-state index contributed by atoms with van der Waals surface area (Å²) in [6.45, 7) is 0. The molecule has 0 saturated heterocycles. The van der Waals surface area contributed by atoms with Gasteiger partial charge in [0.2, 0.25) is 0 Å². The molecule has 0 heterocycles. The van der Waals surface area contributed by atoms with Gasteiger partial charge in [0.15, 0.2) is 0 Å². The monoisotopic (exact) mass is 367 g/mol. The number of rotatable bonds is 3. The van der Waals surface area contributed by atoms with Crippen LogP contribution >= 0.6 is 7.57 Å². The normalized spacial score (nSPS) is 12.1. The van der Waals surface area contributed by atoms with Gasteiger partial charge in [-0.15, -0.1) is 0 Å². The van der Waals surface area contributed by atoms with Gasteiger partial charge in [0.05, 0.1) is 0 Å². The third-order valence-corrected chi connectivity index (χ3v) is 13.1. The van der Waals surface area contributed by atoms with Gasteiger partial charge in [0.1, 0.15) is 0 Å². The van der Waals surface area contributed by atoms with Gasteiger partial charge in [-0.2, -0.15) is 0 Å². The van der Waals surface area contributed by atoms with Crippen LogP contribution in [0.1, 0.15) is 0 Å². The first-order valence-corrected chi connectivity index (χ1v) is 12.1. The fourth-order valence-corrected chi connectivity index (χ4v) is 9.52. The van der Waals surface area contributed by atoms with Crippen LogP contribution < -0.4 is 12.5 Å². The molecule has 0 spiro atoms. The molecule has 0 saturated carbocycles. The fraction of sp³-hybridized carbons (Fsp3) is 0. The molecule has 0 nitrogen and oxygen atoms in total. The molecule has 0 fully saturated rings. The van der Waals surface area contributed by atoms with Crippen molar-refractivity contribution in [1.29, 1.82) is 0 Å². The van der Waals surface area contributed by atoms with E-state index < -0.39 is 14.3 Å². The SMILES string of the molecule is [PH2][Rh]([c]1ccccc1)([c]1ccccc1)[c]1ccccc1. The summed E-state index contributed by atoms with van der Waals surface area (Å²) in [7, 11) is 3.22. The molecule has 3 aromatic rings. The van der Waals surface area contributed by atoms with E-state index in [0.717, 1.165) is 0 Å². The van der Waals surface area contributed by atoms with Crippen molar-refractivity contribution < 1.29 is 14.3 Å². The van der Waals surface area contributed by atoms with Gasteiger partial charge in [0, 0.05) is 0 Å². The first kappa shape index (κ1) is 13.7. The molecular weight excluding hydrogens is 350 g/mol. The van der Waals surface area contributed by atoms with Crippen molar-refractivity contribution in [2.75, 3.05) is 0 Å². The molecule has 0 radical (unpaired) electrons. The molecule has 103 valence electrons. The molecule has 0 aromatic heterocycles. The van der Waals surface area contributed by atoms with Crippen molar-refractivity contribution in [2.24, 2.45) is 0 Å². The Labute approximate surface area is 125 Å². The standard InChI is InChI=1S/3C6H5.H2P.Rh/c3*1-2-4-6-5-3-1;;/h3*1-5H;1H2;/q;;;-1;+1. The molecule has 1 unspecified atom stereocenters. The van der Waals surface area contributed by atoms with Crippen LogP contribution in [0.5, 0.6) is 0 Å². The minimum atomic E-state index is -2.23. The second kappa shape index (κ2) is 6.00. The first-order chi connectivity index (χ1) is 9.82. The van der Waals surface area contributed by atoms with Gasteiger partial charge >= 0.3 is 125 Å². The quantitative estimate of drug-likeness (QED) is 0.493. The Hall–Kier alpha value is -1.29. The van der Waals surface area contributed by atoms with Crippen molar-refractivity contribution in [3.8, 4) is 0 Å². The molecule has 0 N–H and O–H groups in total. The Morgan fingerprint density at radius 2 is 0.700 bits per heavy atom. The molecule has 0 aliphatic heterocycles. The molecule has 20 heavy (non-hydrogen) atoms. The molecular formula is C18H17PRh. The second-order valence-corrected chi connectivity index (χ2v) is 13.3. The number of hydrogen-bond donors (Lipinski definition) is 0. The van der Waals surface area contributed by atoms with Crippen LogP contribution in [0.15, 0.2) is 91.0 Å². The Morgan fingerprint density at radius 3 is 0.950 bits per heavy atom. The van der Waals surface area contributed by atoms with Gasteiger partial charge in [-0.3, -0.25) is 0 Å². The molecule has 3 rings (SSSR count). The van der Waals surface area contributed by atoms with Crippen LogP contribution in [0.2, 0.25) is 0 Å². The van der Waals surface area contributed by atoms with Crippen molar-refractivity contribution in [3.63, 3.8) is 0 Å². The Bertz CT molecular complexity index is 569. The molecule has 0 aliphatic carbocycles. The predicted molar refractivity (Wildman–Crippen MR) is 87.9 cm³/mol. The van der Waals surface area contributed by atoms with E-state index in [4.69, 9.17) is 0 Å². The summed E-state index contributed by atoms with van der Waals surface area (Å²) < 4.78 is 4.32.